The Morgan fingerprint density at radius 1 is 1.26 bits per heavy atom. The van der Waals surface area contributed by atoms with E-state index in [9.17, 15) is 8.42 Å². The van der Waals surface area contributed by atoms with Gasteiger partial charge in [-0.3, -0.25) is 0 Å². The molecule has 23 heavy (non-hydrogen) atoms. The quantitative estimate of drug-likeness (QED) is 0.776. The predicted molar refractivity (Wildman–Crippen MR) is 87.1 cm³/mol. The predicted octanol–water partition coefficient (Wildman–Crippen LogP) is 1.09. The van der Waals surface area contributed by atoms with Crippen molar-refractivity contribution in [2.75, 3.05) is 26.2 Å². The topological polar surface area (TPSA) is 67.7 Å². The average Bonchev–Trinajstić information content (AvgIpc) is 3.20. The van der Waals surface area contributed by atoms with Crippen LogP contribution in [0.4, 0.5) is 0 Å². The van der Waals surface area contributed by atoms with Gasteiger partial charge in [-0.05, 0) is 32.6 Å². The van der Waals surface area contributed by atoms with Crippen LogP contribution in [0.2, 0.25) is 0 Å². The van der Waals surface area contributed by atoms with E-state index in [0.29, 0.717) is 32.8 Å². The van der Waals surface area contributed by atoms with Crippen LogP contribution in [-0.2, 0) is 21.5 Å². The number of hydrogen-bond donors (Lipinski definition) is 0. The molecule has 1 aromatic heterocycles. The van der Waals surface area contributed by atoms with Crippen molar-refractivity contribution in [2.45, 2.75) is 51.3 Å². The molecule has 2 aliphatic heterocycles. The summed E-state index contributed by atoms with van der Waals surface area (Å²) in [5.74, 6) is 0. The smallest absolute Gasteiger partial charge is 0.282 e. The number of ether oxygens (including phenoxy) is 1. The van der Waals surface area contributed by atoms with Crippen molar-refractivity contribution in [1.29, 1.82) is 0 Å². The minimum atomic E-state index is -3.41. The summed E-state index contributed by atoms with van der Waals surface area (Å²) < 4.78 is 37.0. The monoisotopic (exact) mass is 342 g/mol. The second kappa shape index (κ2) is 7.29. The normalized spacial score (nSPS) is 27.5. The molecule has 130 valence electrons. The molecule has 2 aliphatic rings. The summed E-state index contributed by atoms with van der Waals surface area (Å²) in [5, 5.41) is 0. The molecule has 0 spiro atoms. The molecule has 0 aliphatic carbocycles. The SMILES string of the molecule is CCO[C@@H]1CCCN(S(=O)(=O)N2CCC[C@H]2Cn2ccnc2)C1. The summed E-state index contributed by atoms with van der Waals surface area (Å²) in [5.41, 5.74) is 0. The Morgan fingerprint density at radius 3 is 2.83 bits per heavy atom. The highest BCUT2D eigenvalue weighted by Crippen LogP contribution is 2.27. The fourth-order valence-electron chi connectivity index (χ4n) is 3.57. The van der Waals surface area contributed by atoms with E-state index in [1.165, 1.54) is 0 Å². The number of piperidine rings is 1. The van der Waals surface area contributed by atoms with Gasteiger partial charge in [0.05, 0.1) is 12.4 Å². The summed E-state index contributed by atoms with van der Waals surface area (Å²) in [6.45, 7) is 4.94. The zero-order valence-electron chi connectivity index (χ0n) is 13.7. The van der Waals surface area contributed by atoms with Gasteiger partial charge in [-0.1, -0.05) is 0 Å². The molecule has 2 fully saturated rings. The van der Waals surface area contributed by atoms with E-state index in [4.69, 9.17) is 4.74 Å². The molecule has 2 saturated heterocycles. The van der Waals surface area contributed by atoms with Gasteiger partial charge in [0.2, 0.25) is 0 Å². The van der Waals surface area contributed by atoms with Crippen molar-refractivity contribution in [3.05, 3.63) is 18.7 Å². The lowest BCUT2D eigenvalue weighted by Crippen LogP contribution is -2.51. The molecule has 0 saturated carbocycles. The van der Waals surface area contributed by atoms with Gasteiger partial charge in [0.15, 0.2) is 0 Å². The molecule has 2 atom stereocenters. The minimum absolute atomic E-state index is 0.0154. The minimum Gasteiger partial charge on any atom is -0.377 e. The summed E-state index contributed by atoms with van der Waals surface area (Å²) in [4.78, 5) is 4.04. The van der Waals surface area contributed by atoms with E-state index >= 15 is 0 Å². The van der Waals surface area contributed by atoms with Crippen LogP contribution in [0, 0.1) is 0 Å². The van der Waals surface area contributed by atoms with Gasteiger partial charge in [0.25, 0.3) is 10.2 Å². The van der Waals surface area contributed by atoms with Gasteiger partial charge in [-0.2, -0.15) is 17.0 Å². The number of aromatic nitrogens is 2. The van der Waals surface area contributed by atoms with E-state index in [2.05, 4.69) is 4.98 Å². The molecule has 0 radical (unpaired) electrons. The van der Waals surface area contributed by atoms with Crippen LogP contribution < -0.4 is 0 Å². The van der Waals surface area contributed by atoms with Crippen LogP contribution in [-0.4, -0.2) is 65.0 Å². The summed E-state index contributed by atoms with van der Waals surface area (Å²) in [6, 6.07) is 0.0154. The second-order valence-corrected chi connectivity index (χ2v) is 8.13. The molecule has 0 N–H and O–H groups in total. The van der Waals surface area contributed by atoms with Gasteiger partial charge >= 0.3 is 0 Å². The summed E-state index contributed by atoms with van der Waals surface area (Å²) >= 11 is 0. The highest BCUT2D eigenvalue weighted by atomic mass is 32.2. The Hall–Kier alpha value is -0.960. The highest BCUT2D eigenvalue weighted by Gasteiger charge is 2.39. The summed E-state index contributed by atoms with van der Waals surface area (Å²) in [6.07, 6.45) is 9.01. The molecule has 1 aromatic rings. The number of rotatable bonds is 6. The number of imidazole rings is 1. The van der Waals surface area contributed by atoms with Crippen LogP contribution in [0.25, 0.3) is 0 Å². The van der Waals surface area contributed by atoms with Crippen molar-refractivity contribution >= 4 is 10.2 Å². The highest BCUT2D eigenvalue weighted by molar-refractivity contribution is 7.86. The lowest BCUT2D eigenvalue weighted by molar-refractivity contribution is 0.0250. The number of hydrogen-bond acceptors (Lipinski definition) is 4. The van der Waals surface area contributed by atoms with Crippen molar-refractivity contribution in [2.24, 2.45) is 0 Å². The van der Waals surface area contributed by atoms with Gasteiger partial charge in [0.1, 0.15) is 0 Å². The van der Waals surface area contributed by atoms with E-state index in [1.54, 1.807) is 21.1 Å². The fourth-order valence-corrected chi connectivity index (χ4v) is 5.49. The number of nitrogens with zero attached hydrogens (tertiary/aromatic N) is 4. The maximum absolute atomic E-state index is 13.0. The maximum atomic E-state index is 13.0. The fraction of sp³-hybridized carbons (Fsp3) is 0.800. The van der Waals surface area contributed by atoms with Crippen molar-refractivity contribution in [3.63, 3.8) is 0 Å². The van der Waals surface area contributed by atoms with Crippen LogP contribution >= 0.6 is 0 Å². The van der Waals surface area contributed by atoms with Crippen LogP contribution in [0.5, 0.6) is 0 Å². The van der Waals surface area contributed by atoms with E-state index < -0.39 is 10.2 Å². The Bertz CT molecular complexity index is 588. The lowest BCUT2D eigenvalue weighted by Gasteiger charge is -2.36. The third-order valence-corrected chi connectivity index (χ3v) is 6.73. The molecule has 3 rings (SSSR count). The summed E-state index contributed by atoms with van der Waals surface area (Å²) in [7, 11) is -3.41. The van der Waals surface area contributed by atoms with Gasteiger partial charge < -0.3 is 9.30 Å². The first-order valence-corrected chi connectivity index (χ1v) is 9.85. The van der Waals surface area contributed by atoms with E-state index in [1.807, 2.05) is 17.7 Å². The van der Waals surface area contributed by atoms with E-state index in [-0.39, 0.29) is 12.1 Å². The molecular weight excluding hydrogens is 316 g/mol. The Balaban J connectivity index is 1.70. The van der Waals surface area contributed by atoms with Gasteiger partial charge in [-0.15, -0.1) is 0 Å². The molecule has 0 bridgehead atoms. The first-order valence-electron chi connectivity index (χ1n) is 8.45. The van der Waals surface area contributed by atoms with Crippen LogP contribution in [0.3, 0.4) is 0 Å². The Morgan fingerprint density at radius 2 is 2.09 bits per heavy atom. The van der Waals surface area contributed by atoms with Crippen molar-refractivity contribution in [1.82, 2.24) is 18.2 Å². The maximum Gasteiger partial charge on any atom is 0.282 e. The second-order valence-electron chi connectivity index (χ2n) is 6.25. The molecule has 7 nitrogen and oxygen atoms in total. The first-order chi connectivity index (χ1) is 11.1. The standard InChI is InChI=1S/C15H26N4O3S/c1-2-22-15-6-4-8-18(12-15)23(20,21)19-9-3-5-14(19)11-17-10-7-16-13-17/h7,10,13-15H,2-6,8-9,11-12H2,1H3/t14-,15+/m0/s1. The van der Waals surface area contributed by atoms with Crippen LogP contribution in [0.1, 0.15) is 32.6 Å². The molecule has 0 aromatic carbocycles. The molecule has 0 unspecified atom stereocenters. The zero-order valence-corrected chi connectivity index (χ0v) is 14.5. The third-order valence-electron chi connectivity index (χ3n) is 4.67. The molecule has 3 heterocycles. The molecular formula is C15H26N4O3S. The van der Waals surface area contributed by atoms with Crippen molar-refractivity contribution in [3.8, 4) is 0 Å². The van der Waals surface area contributed by atoms with Gasteiger partial charge in [0, 0.05) is 51.2 Å². The van der Waals surface area contributed by atoms with Crippen molar-refractivity contribution < 1.29 is 13.2 Å². The lowest BCUT2D eigenvalue weighted by atomic mass is 10.1. The van der Waals surface area contributed by atoms with E-state index in [0.717, 1.165) is 25.7 Å². The first kappa shape index (κ1) is 16.9. The third kappa shape index (κ3) is 3.76. The average molecular weight is 342 g/mol. The Labute approximate surface area is 138 Å². The molecule has 8 heteroatoms. The van der Waals surface area contributed by atoms with Crippen LogP contribution in [0.15, 0.2) is 18.7 Å². The Kier molecular flexibility index (Phi) is 5.35. The largest absolute Gasteiger partial charge is 0.377 e. The van der Waals surface area contributed by atoms with Gasteiger partial charge in [-0.25, -0.2) is 4.98 Å². The molecule has 0 amide bonds. The zero-order chi connectivity index (χ0) is 16.3.